The SMILES string of the molecule is CC1=C(\C=C/C(C)=C/C=C/C(C)=C/C#N)C(C)(C)CC(O)C1. The molecular formula is C20H27NO. The van der Waals surface area contributed by atoms with Gasteiger partial charge < -0.3 is 5.11 Å². The highest BCUT2D eigenvalue weighted by atomic mass is 16.3. The Morgan fingerprint density at radius 1 is 1.27 bits per heavy atom. The Kier molecular flexibility index (Phi) is 6.59. The standard InChI is InChI=1S/C20H27NO/c1-15(7-6-8-16(2)11-12-21)9-10-19-17(3)13-18(22)14-20(19,4)5/h6-11,18,22H,13-14H2,1-5H3/b8-6+,10-9-,15-7+,16-11+. The van der Waals surface area contributed by atoms with Gasteiger partial charge in [-0.2, -0.15) is 5.26 Å². The van der Waals surface area contributed by atoms with Crippen molar-refractivity contribution in [2.75, 3.05) is 0 Å². The van der Waals surface area contributed by atoms with Crippen LogP contribution in [0, 0.1) is 16.7 Å². The minimum Gasteiger partial charge on any atom is -0.393 e. The van der Waals surface area contributed by atoms with Crippen LogP contribution in [0.4, 0.5) is 0 Å². The quantitative estimate of drug-likeness (QED) is 0.585. The second-order valence-electron chi connectivity index (χ2n) is 6.76. The number of aliphatic hydroxyl groups is 1. The Hall–Kier alpha value is -1.85. The van der Waals surface area contributed by atoms with Crippen molar-refractivity contribution in [3.05, 3.63) is 58.7 Å². The van der Waals surface area contributed by atoms with Crippen molar-refractivity contribution >= 4 is 0 Å². The molecule has 2 heteroatoms. The summed E-state index contributed by atoms with van der Waals surface area (Å²) in [5, 5.41) is 18.5. The van der Waals surface area contributed by atoms with Gasteiger partial charge in [0.05, 0.1) is 12.2 Å². The zero-order valence-electron chi connectivity index (χ0n) is 14.4. The summed E-state index contributed by atoms with van der Waals surface area (Å²) in [6, 6.07) is 2.02. The van der Waals surface area contributed by atoms with Crippen molar-refractivity contribution in [2.45, 2.75) is 53.6 Å². The summed E-state index contributed by atoms with van der Waals surface area (Å²) in [7, 11) is 0. The van der Waals surface area contributed by atoms with E-state index in [1.807, 2.05) is 31.2 Å². The molecular weight excluding hydrogens is 270 g/mol. The summed E-state index contributed by atoms with van der Waals surface area (Å²) >= 11 is 0. The highest BCUT2D eigenvalue weighted by molar-refractivity contribution is 5.37. The summed E-state index contributed by atoms with van der Waals surface area (Å²) in [6.45, 7) is 10.5. The third-order valence-corrected chi connectivity index (χ3v) is 4.00. The van der Waals surface area contributed by atoms with E-state index in [1.54, 1.807) is 0 Å². The molecule has 0 aromatic rings. The van der Waals surface area contributed by atoms with Crippen LogP contribution in [0.25, 0.3) is 0 Å². The summed E-state index contributed by atoms with van der Waals surface area (Å²) in [5.74, 6) is 0. The summed E-state index contributed by atoms with van der Waals surface area (Å²) < 4.78 is 0. The lowest BCUT2D eigenvalue weighted by molar-refractivity contribution is 0.116. The second kappa shape index (κ2) is 7.96. The maximum absolute atomic E-state index is 9.92. The maximum Gasteiger partial charge on any atom is 0.0914 e. The number of nitrogens with zero attached hydrogens (tertiary/aromatic N) is 1. The predicted molar refractivity (Wildman–Crippen MR) is 93.1 cm³/mol. The number of hydrogen-bond donors (Lipinski definition) is 1. The molecule has 1 rings (SSSR count). The van der Waals surface area contributed by atoms with Gasteiger partial charge in [-0.3, -0.25) is 0 Å². The fraction of sp³-hybridized carbons (Fsp3) is 0.450. The molecule has 2 nitrogen and oxygen atoms in total. The molecule has 118 valence electrons. The zero-order valence-corrected chi connectivity index (χ0v) is 14.4. The van der Waals surface area contributed by atoms with Crippen molar-refractivity contribution < 1.29 is 5.11 Å². The van der Waals surface area contributed by atoms with Gasteiger partial charge in [0, 0.05) is 6.08 Å². The first-order valence-electron chi connectivity index (χ1n) is 7.74. The van der Waals surface area contributed by atoms with E-state index >= 15 is 0 Å². The molecule has 0 radical (unpaired) electrons. The van der Waals surface area contributed by atoms with Crippen LogP contribution in [-0.2, 0) is 0 Å². The molecule has 22 heavy (non-hydrogen) atoms. The third-order valence-electron chi connectivity index (χ3n) is 4.00. The highest BCUT2D eigenvalue weighted by Crippen LogP contribution is 2.40. The zero-order chi connectivity index (χ0) is 16.8. The first kappa shape index (κ1) is 18.2. The van der Waals surface area contributed by atoms with Gasteiger partial charge in [-0.25, -0.2) is 0 Å². The predicted octanol–water partition coefficient (Wildman–Crippen LogP) is 5.01. The molecule has 0 bridgehead atoms. The molecule has 0 fully saturated rings. The van der Waals surface area contributed by atoms with Crippen molar-refractivity contribution in [1.29, 1.82) is 5.26 Å². The van der Waals surface area contributed by atoms with Crippen LogP contribution in [0.2, 0.25) is 0 Å². The lowest BCUT2D eigenvalue weighted by Crippen LogP contribution is -2.28. The van der Waals surface area contributed by atoms with E-state index in [1.165, 1.54) is 17.2 Å². The van der Waals surface area contributed by atoms with Gasteiger partial charge in [-0.05, 0) is 50.2 Å². The Morgan fingerprint density at radius 3 is 2.55 bits per heavy atom. The maximum atomic E-state index is 9.92. The van der Waals surface area contributed by atoms with E-state index in [0.717, 1.165) is 24.0 Å². The van der Waals surface area contributed by atoms with E-state index in [9.17, 15) is 5.11 Å². The molecule has 1 aliphatic rings. The van der Waals surface area contributed by atoms with Gasteiger partial charge in [0.2, 0.25) is 0 Å². The van der Waals surface area contributed by atoms with Gasteiger partial charge in [0.25, 0.3) is 0 Å². The summed E-state index contributed by atoms with van der Waals surface area (Å²) in [5.41, 5.74) is 4.71. The molecule has 0 aliphatic heterocycles. The fourth-order valence-electron chi connectivity index (χ4n) is 2.95. The van der Waals surface area contributed by atoms with E-state index < -0.39 is 0 Å². The summed E-state index contributed by atoms with van der Waals surface area (Å²) in [6.07, 6.45) is 13.1. The number of hydrogen-bond acceptors (Lipinski definition) is 2. The van der Waals surface area contributed by atoms with E-state index in [2.05, 4.69) is 39.8 Å². The Balaban J connectivity index is 2.85. The normalized spacial score (nSPS) is 23.4. The molecule has 0 saturated carbocycles. The Labute approximate surface area is 134 Å². The van der Waals surface area contributed by atoms with E-state index in [4.69, 9.17) is 5.26 Å². The number of allylic oxidation sites excluding steroid dienone is 9. The lowest BCUT2D eigenvalue weighted by Gasteiger charge is -2.35. The number of nitriles is 1. The highest BCUT2D eigenvalue weighted by Gasteiger charge is 2.31. The molecule has 1 aliphatic carbocycles. The Bertz CT molecular complexity index is 592. The van der Waals surface area contributed by atoms with Crippen LogP contribution < -0.4 is 0 Å². The van der Waals surface area contributed by atoms with Crippen molar-refractivity contribution in [1.82, 2.24) is 0 Å². The fourth-order valence-corrected chi connectivity index (χ4v) is 2.95. The topological polar surface area (TPSA) is 44.0 Å². The minimum absolute atomic E-state index is 0.0144. The van der Waals surface area contributed by atoms with Crippen LogP contribution in [-0.4, -0.2) is 11.2 Å². The Morgan fingerprint density at radius 2 is 1.95 bits per heavy atom. The molecule has 0 spiro atoms. The van der Waals surface area contributed by atoms with Gasteiger partial charge in [-0.15, -0.1) is 0 Å². The average molecular weight is 297 g/mol. The number of aliphatic hydroxyl groups excluding tert-OH is 1. The van der Waals surface area contributed by atoms with Gasteiger partial charge in [-0.1, -0.05) is 55.4 Å². The van der Waals surface area contributed by atoms with E-state index in [-0.39, 0.29) is 11.5 Å². The number of rotatable bonds is 4. The second-order valence-corrected chi connectivity index (χ2v) is 6.76. The molecule has 1 unspecified atom stereocenters. The summed E-state index contributed by atoms with van der Waals surface area (Å²) in [4.78, 5) is 0. The molecule has 0 aromatic carbocycles. The van der Waals surface area contributed by atoms with Gasteiger partial charge >= 0.3 is 0 Å². The third kappa shape index (κ3) is 5.50. The average Bonchev–Trinajstić information content (AvgIpc) is 2.36. The van der Waals surface area contributed by atoms with Gasteiger partial charge in [0.1, 0.15) is 0 Å². The van der Waals surface area contributed by atoms with Crippen molar-refractivity contribution in [2.24, 2.45) is 5.41 Å². The van der Waals surface area contributed by atoms with Crippen LogP contribution in [0.5, 0.6) is 0 Å². The van der Waals surface area contributed by atoms with Crippen LogP contribution in [0.15, 0.2) is 58.7 Å². The lowest BCUT2D eigenvalue weighted by atomic mass is 9.71. The molecule has 1 N–H and O–H groups in total. The minimum atomic E-state index is -0.221. The van der Waals surface area contributed by atoms with Crippen LogP contribution in [0.1, 0.15) is 47.5 Å². The monoisotopic (exact) mass is 297 g/mol. The van der Waals surface area contributed by atoms with E-state index in [0.29, 0.717) is 0 Å². The van der Waals surface area contributed by atoms with Crippen molar-refractivity contribution in [3.8, 4) is 6.07 Å². The first-order valence-corrected chi connectivity index (χ1v) is 7.74. The van der Waals surface area contributed by atoms with Gasteiger partial charge in [0.15, 0.2) is 0 Å². The molecule has 0 heterocycles. The largest absolute Gasteiger partial charge is 0.393 e. The molecule has 0 saturated heterocycles. The molecule has 1 atom stereocenters. The first-order chi connectivity index (χ1) is 10.3. The van der Waals surface area contributed by atoms with Crippen LogP contribution in [0.3, 0.4) is 0 Å². The van der Waals surface area contributed by atoms with Crippen LogP contribution >= 0.6 is 0 Å². The molecule has 0 amide bonds. The van der Waals surface area contributed by atoms with Crippen molar-refractivity contribution in [3.63, 3.8) is 0 Å². The smallest absolute Gasteiger partial charge is 0.0914 e. The molecule has 0 aromatic heterocycles.